The Morgan fingerprint density at radius 1 is 1.40 bits per heavy atom. The molecule has 1 aromatic rings. The van der Waals surface area contributed by atoms with Gasteiger partial charge in [-0.2, -0.15) is 0 Å². The minimum absolute atomic E-state index is 0.216. The second-order valence-corrected chi connectivity index (χ2v) is 5.62. The molecule has 1 aromatic heterocycles. The molecule has 1 amide bonds. The Labute approximate surface area is 120 Å². The van der Waals surface area contributed by atoms with E-state index in [9.17, 15) is 4.79 Å². The standard InChI is InChI=1S/C15H24N4O/c1-10-7-11(2)18-15(13(10)8-16)19(9-14(17)20)12-5-3-4-6-12/h7,12H,3-6,8-9,16H2,1-2H3,(H2,17,20). The van der Waals surface area contributed by atoms with Gasteiger partial charge in [0.1, 0.15) is 5.82 Å². The van der Waals surface area contributed by atoms with E-state index in [0.29, 0.717) is 12.6 Å². The van der Waals surface area contributed by atoms with Crippen LogP contribution in [-0.4, -0.2) is 23.5 Å². The molecular weight excluding hydrogens is 252 g/mol. The summed E-state index contributed by atoms with van der Waals surface area (Å²) in [7, 11) is 0. The van der Waals surface area contributed by atoms with Crippen molar-refractivity contribution in [2.24, 2.45) is 11.5 Å². The molecule has 1 fully saturated rings. The van der Waals surface area contributed by atoms with Crippen molar-refractivity contribution in [3.05, 3.63) is 22.9 Å². The van der Waals surface area contributed by atoms with Gasteiger partial charge in [0.05, 0.1) is 6.54 Å². The van der Waals surface area contributed by atoms with Crippen molar-refractivity contribution in [3.63, 3.8) is 0 Å². The first-order valence-corrected chi connectivity index (χ1v) is 7.25. The monoisotopic (exact) mass is 276 g/mol. The summed E-state index contributed by atoms with van der Waals surface area (Å²) in [6, 6.07) is 2.38. The minimum Gasteiger partial charge on any atom is -0.368 e. The maximum atomic E-state index is 11.4. The number of carbonyl (C=O) groups is 1. The molecule has 5 nitrogen and oxygen atoms in total. The Hall–Kier alpha value is -1.62. The van der Waals surface area contributed by atoms with Crippen LogP contribution in [-0.2, 0) is 11.3 Å². The maximum absolute atomic E-state index is 11.4. The van der Waals surface area contributed by atoms with Crippen LogP contribution in [0.2, 0.25) is 0 Å². The number of pyridine rings is 1. The van der Waals surface area contributed by atoms with Gasteiger partial charge in [0.15, 0.2) is 0 Å². The van der Waals surface area contributed by atoms with Crippen molar-refractivity contribution in [1.29, 1.82) is 0 Å². The largest absolute Gasteiger partial charge is 0.368 e. The molecule has 1 saturated carbocycles. The number of nitrogens with two attached hydrogens (primary N) is 2. The van der Waals surface area contributed by atoms with Gasteiger partial charge in [-0.3, -0.25) is 4.79 Å². The number of aryl methyl sites for hydroxylation is 2. The maximum Gasteiger partial charge on any atom is 0.237 e. The molecule has 0 bridgehead atoms. The van der Waals surface area contributed by atoms with E-state index < -0.39 is 0 Å². The second kappa shape index (κ2) is 6.22. The highest BCUT2D eigenvalue weighted by molar-refractivity contribution is 5.79. The summed E-state index contributed by atoms with van der Waals surface area (Å²) < 4.78 is 0. The number of aromatic nitrogens is 1. The van der Waals surface area contributed by atoms with Gasteiger partial charge in [-0.15, -0.1) is 0 Å². The summed E-state index contributed by atoms with van der Waals surface area (Å²) in [5.41, 5.74) is 14.4. The van der Waals surface area contributed by atoms with Crippen LogP contribution >= 0.6 is 0 Å². The zero-order valence-electron chi connectivity index (χ0n) is 12.4. The average molecular weight is 276 g/mol. The number of hydrogen-bond acceptors (Lipinski definition) is 4. The molecule has 0 saturated heterocycles. The van der Waals surface area contributed by atoms with Crippen molar-refractivity contribution >= 4 is 11.7 Å². The van der Waals surface area contributed by atoms with Gasteiger partial charge in [-0.05, 0) is 38.3 Å². The van der Waals surface area contributed by atoms with Crippen LogP contribution in [0.15, 0.2) is 6.07 Å². The second-order valence-electron chi connectivity index (χ2n) is 5.62. The summed E-state index contributed by atoms with van der Waals surface area (Å²) in [6.45, 7) is 4.65. The van der Waals surface area contributed by atoms with E-state index in [1.807, 2.05) is 19.9 Å². The number of amides is 1. The van der Waals surface area contributed by atoms with Gasteiger partial charge in [-0.1, -0.05) is 12.8 Å². The van der Waals surface area contributed by atoms with Crippen molar-refractivity contribution in [3.8, 4) is 0 Å². The van der Waals surface area contributed by atoms with E-state index in [0.717, 1.165) is 35.5 Å². The fourth-order valence-corrected chi connectivity index (χ4v) is 3.09. The molecule has 0 aliphatic heterocycles. The van der Waals surface area contributed by atoms with E-state index in [2.05, 4.69) is 9.88 Å². The molecule has 0 unspecified atom stereocenters. The van der Waals surface area contributed by atoms with Gasteiger partial charge in [0.2, 0.25) is 5.91 Å². The topological polar surface area (TPSA) is 85.2 Å². The Kier molecular flexibility index (Phi) is 4.60. The minimum atomic E-state index is -0.319. The zero-order valence-corrected chi connectivity index (χ0v) is 12.4. The highest BCUT2D eigenvalue weighted by Crippen LogP contribution is 2.30. The van der Waals surface area contributed by atoms with E-state index in [1.54, 1.807) is 0 Å². The molecule has 0 aromatic carbocycles. The van der Waals surface area contributed by atoms with Crippen LogP contribution in [0, 0.1) is 13.8 Å². The van der Waals surface area contributed by atoms with Gasteiger partial charge in [0.25, 0.3) is 0 Å². The lowest BCUT2D eigenvalue weighted by Gasteiger charge is -2.31. The van der Waals surface area contributed by atoms with E-state index in [-0.39, 0.29) is 12.5 Å². The molecule has 20 heavy (non-hydrogen) atoms. The summed E-state index contributed by atoms with van der Waals surface area (Å²) in [6.07, 6.45) is 4.57. The molecule has 1 aliphatic carbocycles. The van der Waals surface area contributed by atoms with E-state index in [1.165, 1.54) is 12.8 Å². The molecule has 0 radical (unpaired) electrons. The number of hydrogen-bond donors (Lipinski definition) is 2. The van der Waals surface area contributed by atoms with Crippen LogP contribution in [0.5, 0.6) is 0 Å². The lowest BCUT2D eigenvalue weighted by Crippen LogP contribution is -2.41. The van der Waals surface area contributed by atoms with Crippen LogP contribution in [0.3, 0.4) is 0 Å². The molecule has 2 rings (SSSR count). The molecule has 4 N–H and O–H groups in total. The first kappa shape index (κ1) is 14.8. The third-order valence-corrected chi connectivity index (χ3v) is 4.02. The molecule has 1 aliphatic rings. The smallest absolute Gasteiger partial charge is 0.237 e. The molecule has 5 heteroatoms. The lowest BCUT2D eigenvalue weighted by atomic mass is 10.1. The quantitative estimate of drug-likeness (QED) is 0.851. The first-order valence-electron chi connectivity index (χ1n) is 7.25. The third-order valence-electron chi connectivity index (χ3n) is 4.02. The number of rotatable bonds is 5. The van der Waals surface area contributed by atoms with Gasteiger partial charge < -0.3 is 16.4 Å². The van der Waals surface area contributed by atoms with Crippen LogP contribution in [0.4, 0.5) is 5.82 Å². The summed E-state index contributed by atoms with van der Waals surface area (Å²) in [5.74, 6) is 0.525. The van der Waals surface area contributed by atoms with Gasteiger partial charge >= 0.3 is 0 Å². The zero-order chi connectivity index (χ0) is 14.7. The first-order chi connectivity index (χ1) is 9.52. The predicted octanol–water partition coefficient (Wildman–Crippen LogP) is 1.39. The number of anilines is 1. The van der Waals surface area contributed by atoms with E-state index in [4.69, 9.17) is 11.5 Å². The highest BCUT2D eigenvalue weighted by Gasteiger charge is 2.27. The fraction of sp³-hybridized carbons (Fsp3) is 0.600. The SMILES string of the molecule is Cc1cc(C)c(CN)c(N(CC(N)=O)C2CCCC2)n1. The van der Waals surface area contributed by atoms with Crippen molar-refractivity contribution in [2.75, 3.05) is 11.4 Å². The molecular formula is C15H24N4O. The Balaban J connectivity index is 2.43. The van der Waals surface area contributed by atoms with Crippen molar-refractivity contribution in [1.82, 2.24) is 4.98 Å². The number of nitrogens with zero attached hydrogens (tertiary/aromatic N) is 2. The Bertz CT molecular complexity index is 495. The summed E-state index contributed by atoms with van der Waals surface area (Å²) in [5, 5.41) is 0. The van der Waals surface area contributed by atoms with Gasteiger partial charge in [-0.25, -0.2) is 4.98 Å². The Morgan fingerprint density at radius 3 is 2.60 bits per heavy atom. The van der Waals surface area contributed by atoms with Crippen LogP contribution in [0.25, 0.3) is 0 Å². The third kappa shape index (κ3) is 3.10. The molecule has 0 spiro atoms. The van der Waals surface area contributed by atoms with Crippen molar-refractivity contribution < 1.29 is 4.79 Å². The summed E-state index contributed by atoms with van der Waals surface area (Å²) >= 11 is 0. The predicted molar refractivity (Wildman–Crippen MR) is 80.4 cm³/mol. The van der Waals surface area contributed by atoms with Crippen LogP contribution < -0.4 is 16.4 Å². The number of primary amides is 1. The summed E-state index contributed by atoms with van der Waals surface area (Å²) in [4.78, 5) is 18.1. The van der Waals surface area contributed by atoms with Gasteiger partial charge in [0, 0.05) is 23.8 Å². The van der Waals surface area contributed by atoms with E-state index >= 15 is 0 Å². The number of carbonyl (C=O) groups excluding carboxylic acids is 1. The highest BCUT2D eigenvalue weighted by atomic mass is 16.1. The molecule has 110 valence electrons. The normalized spacial score (nSPS) is 15.6. The Morgan fingerprint density at radius 2 is 2.05 bits per heavy atom. The van der Waals surface area contributed by atoms with Crippen molar-refractivity contribution in [2.45, 2.75) is 52.1 Å². The molecule has 0 atom stereocenters. The lowest BCUT2D eigenvalue weighted by molar-refractivity contribution is -0.116. The molecule has 1 heterocycles. The average Bonchev–Trinajstić information content (AvgIpc) is 2.88. The van der Waals surface area contributed by atoms with Crippen LogP contribution in [0.1, 0.15) is 42.5 Å². The fourth-order valence-electron chi connectivity index (χ4n) is 3.09.